The number of furan rings is 1. The number of hydrazone groups is 1. The number of rotatable bonds is 4. The standard InChI is InChI=1S/C16H15N5O2/c1-11-7-8-14(23-11)15-12(9-18-19-16(17)22)10-21(20-15)13-5-3-2-4-6-13/h2-10H,1H3,(H3,17,19,22)/b18-9-. The number of benzene rings is 1. The van der Waals surface area contributed by atoms with E-state index in [0.29, 0.717) is 17.0 Å². The lowest BCUT2D eigenvalue weighted by Gasteiger charge is -1.98. The van der Waals surface area contributed by atoms with Crippen LogP contribution in [0.25, 0.3) is 17.1 Å². The van der Waals surface area contributed by atoms with E-state index >= 15 is 0 Å². The second kappa shape index (κ2) is 6.18. The maximum absolute atomic E-state index is 10.7. The number of amides is 2. The highest BCUT2D eigenvalue weighted by Gasteiger charge is 2.14. The van der Waals surface area contributed by atoms with Crippen LogP contribution in [0.15, 0.2) is 58.2 Å². The Labute approximate surface area is 132 Å². The van der Waals surface area contributed by atoms with Crippen LogP contribution in [-0.4, -0.2) is 22.0 Å². The van der Waals surface area contributed by atoms with Gasteiger partial charge in [-0.3, -0.25) is 0 Å². The number of carbonyl (C=O) groups is 1. The molecule has 0 bridgehead atoms. The Bertz CT molecular complexity index is 848. The van der Waals surface area contributed by atoms with E-state index in [1.165, 1.54) is 6.21 Å². The minimum Gasteiger partial charge on any atom is -0.460 e. The third-order valence-corrected chi connectivity index (χ3v) is 3.12. The van der Waals surface area contributed by atoms with Crippen LogP contribution in [0.3, 0.4) is 0 Å². The first kappa shape index (κ1) is 14.6. The number of hydrogen-bond donors (Lipinski definition) is 2. The van der Waals surface area contributed by atoms with Crippen LogP contribution in [0.5, 0.6) is 0 Å². The van der Waals surface area contributed by atoms with Crippen molar-refractivity contribution in [1.82, 2.24) is 15.2 Å². The van der Waals surface area contributed by atoms with Crippen LogP contribution in [0.2, 0.25) is 0 Å². The first-order chi connectivity index (χ1) is 11.1. The fourth-order valence-electron chi connectivity index (χ4n) is 2.11. The van der Waals surface area contributed by atoms with Gasteiger partial charge in [0.15, 0.2) is 5.76 Å². The highest BCUT2D eigenvalue weighted by atomic mass is 16.3. The molecule has 0 unspecified atom stereocenters. The van der Waals surface area contributed by atoms with Crippen molar-refractivity contribution in [2.24, 2.45) is 10.8 Å². The summed E-state index contributed by atoms with van der Waals surface area (Å²) in [6.07, 6.45) is 3.28. The van der Waals surface area contributed by atoms with Gasteiger partial charge >= 0.3 is 6.03 Å². The number of nitrogens with two attached hydrogens (primary N) is 1. The summed E-state index contributed by atoms with van der Waals surface area (Å²) in [5, 5.41) is 8.35. The molecule has 0 aliphatic heterocycles. The van der Waals surface area contributed by atoms with Crippen LogP contribution < -0.4 is 11.2 Å². The minimum absolute atomic E-state index is 0.622. The van der Waals surface area contributed by atoms with E-state index in [-0.39, 0.29) is 0 Å². The molecule has 0 aliphatic carbocycles. The van der Waals surface area contributed by atoms with E-state index in [9.17, 15) is 4.79 Å². The van der Waals surface area contributed by atoms with Gasteiger partial charge in [-0.1, -0.05) is 18.2 Å². The van der Waals surface area contributed by atoms with Crippen molar-refractivity contribution in [2.75, 3.05) is 0 Å². The first-order valence-electron chi connectivity index (χ1n) is 6.94. The third-order valence-electron chi connectivity index (χ3n) is 3.12. The second-order valence-corrected chi connectivity index (χ2v) is 4.86. The molecule has 7 nitrogen and oxygen atoms in total. The molecule has 0 spiro atoms. The Hall–Kier alpha value is -3.35. The lowest BCUT2D eigenvalue weighted by atomic mass is 10.2. The van der Waals surface area contributed by atoms with Crippen LogP contribution in [-0.2, 0) is 0 Å². The highest BCUT2D eigenvalue weighted by Crippen LogP contribution is 2.24. The summed E-state index contributed by atoms with van der Waals surface area (Å²) in [6, 6.07) is 12.6. The maximum Gasteiger partial charge on any atom is 0.332 e. The molecule has 23 heavy (non-hydrogen) atoms. The van der Waals surface area contributed by atoms with E-state index < -0.39 is 6.03 Å². The molecule has 7 heteroatoms. The quantitative estimate of drug-likeness (QED) is 0.572. The molecule has 0 saturated carbocycles. The fraction of sp³-hybridized carbons (Fsp3) is 0.0625. The van der Waals surface area contributed by atoms with Crippen molar-refractivity contribution < 1.29 is 9.21 Å². The van der Waals surface area contributed by atoms with Crippen LogP contribution in [0, 0.1) is 6.92 Å². The molecule has 3 aromatic rings. The largest absolute Gasteiger partial charge is 0.460 e. The number of para-hydroxylation sites is 1. The van der Waals surface area contributed by atoms with Gasteiger partial charge in [0.1, 0.15) is 11.5 Å². The number of hydrogen-bond acceptors (Lipinski definition) is 4. The van der Waals surface area contributed by atoms with E-state index in [2.05, 4.69) is 15.6 Å². The van der Waals surface area contributed by atoms with Crippen LogP contribution in [0.4, 0.5) is 4.79 Å². The number of primary amides is 1. The van der Waals surface area contributed by atoms with E-state index in [1.807, 2.05) is 49.4 Å². The van der Waals surface area contributed by atoms with Gasteiger partial charge < -0.3 is 10.2 Å². The molecular formula is C16H15N5O2. The average molecular weight is 309 g/mol. The molecule has 0 atom stereocenters. The van der Waals surface area contributed by atoms with E-state index in [4.69, 9.17) is 10.2 Å². The monoisotopic (exact) mass is 309 g/mol. The molecule has 3 rings (SSSR count). The van der Waals surface area contributed by atoms with Gasteiger partial charge in [-0.25, -0.2) is 14.9 Å². The molecule has 0 radical (unpaired) electrons. The van der Waals surface area contributed by atoms with Crippen LogP contribution >= 0.6 is 0 Å². The van der Waals surface area contributed by atoms with Gasteiger partial charge in [0, 0.05) is 11.8 Å². The minimum atomic E-state index is -0.730. The Kier molecular flexibility index (Phi) is 3.92. The van der Waals surface area contributed by atoms with Crippen molar-refractivity contribution in [1.29, 1.82) is 0 Å². The molecule has 1 aromatic carbocycles. The summed E-state index contributed by atoms with van der Waals surface area (Å²) in [5.74, 6) is 1.41. The summed E-state index contributed by atoms with van der Waals surface area (Å²) in [5.41, 5.74) is 9.39. The zero-order valence-corrected chi connectivity index (χ0v) is 12.4. The zero-order valence-electron chi connectivity index (χ0n) is 12.4. The van der Waals surface area contributed by atoms with E-state index in [1.54, 1.807) is 10.9 Å². The fourth-order valence-corrected chi connectivity index (χ4v) is 2.11. The molecule has 0 aliphatic rings. The SMILES string of the molecule is Cc1ccc(-c2nn(-c3ccccc3)cc2/C=N\NC(N)=O)o1. The molecule has 2 heterocycles. The summed E-state index contributed by atoms with van der Waals surface area (Å²) < 4.78 is 7.36. The molecular weight excluding hydrogens is 294 g/mol. The van der Waals surface area contributed by atoms with Gasteiger partial charge in [0.05, 0.1) is 11.9 Å². The van der Waals surface area contributed by atoms with Gasteiger partial charge in [0.25, 0.3) is 0 Å². The summed E-state index contributed by atoms with van der Waals surface area (Å²) in [4.78, 5) is 10.7. The van der Waals surface area contributed by atoms with Crippen molar-refractivity contribution >= 4 is 12.2 Å². The highest BCUT2D eigenvalue weighted by molar-refractivity contribution is 5.88. The normalized spacial score (nSPS) is 11.0. The summed E-state index contributed by atoms with van der Waals surface area (Å²) >= 11 is 0. The van der Waals surface area contributed by atoms with Gasteiger partial charge in [-0.15, -0.1) is 0 Å². The van der Waals surface area contributed by atoms with Crippen molar-refractivity contribution in [3.05, 3.63) is 60.0 Å². The lowest BCUT2D eigenvalue weighted by molar-refractivity contribution is 0.249. The van der Waals surface area contributed by atoms with Crippen molar-refractivity contribution in [3.63, 3.8) is 0 Å². The zero-order chi connectivity index (χ0) is 16.2. The van der Waals surface area contributed by atoms with E-state index in [0.717, 1.165) is 11.4 Å². The smallest absolute Gasteiger partial charge is 0.332 e. The molecule has 0 fully saturated rings. The molecule has 116 valence electrons. The Morgan fingerprint density at radius 2 is 2.09 bits per heavy atom. The Balaban J connectivity index is 2.03. The number of urea groups is 1. The van der Waals surface area contributed by atoms with Gasteiger partial charge in [0.2, 0.25) is 0 Å². The predicted octanol–water partition coefficient (Wildman–Crippen LogP) is 2.44. The second-order valence-electron chi connectivity index (χ2n) is 4.86. The Morgan fingerprint density at radius 3 is 2.74 bits per heavy atom. The molecule has 0 saturated heterocycles. The number of nitrogens with zero attached hydrogens (tertiary/aromatic N) is 3. The number of nitrogens with one attached hydrogen (secondary N) is 1. The molecule has 2 amide bonds. The number of aromatic nitrogens is 2. The third kappa shape index (κ3) is 3.29. The number of carbonyl (C=O) groups excluding carboxylic acids is 1. The summed E-state index contributed by atoms with van der Waals surface area (Å²) in [7, 11) is 0. The van der Waals surface area contributed by atoms with Gasteiger partial charge in [-0.2, -0.15) is 10.2 Å². The number of aryl methyl sites for hydroxylation is 1. The molecule has 2 aromatic heterocycles. The lowest BCUT2D eigenvalue weighted by Crippen LogP contribution is -2.24. The summed E-state index contributed by atoms with van der Waals surface area (Å²) in [6.45, 7) is 1.86. The predicted molar refractivity (Wildman–Crippen MR) is 86.3 cm³/mol. The first-order valence-corrected chi connectivity index (χ1v) is 6.94. The van der Waals surface area contributed by atoms with Crippen LogP contribution in [0.1, 0.15) is 11.3 Å². The average Bonchev–Trinajstić information content (AvgIpc) is 3.14. The van der Waals surface area contributed by atoms with Gasteiger partial charge in [-0.05, 0) is 31.2 Å². The topological polar surface area (TPSA) is 98.4 Å². The van der Waals surface area contributed by atoms with Crippen molar-refractivity contribution in [2.45, 2.75) is 6.92 Å². The maximum atomic E-state index is 10.7. The molecule has 3 N–H and O–H groups in total. The Morgan fingerprint density at radius 1 is 1.30 bits per heavy atom. The van der Waals surface area contributed by atoms with Crippen molar-refractivity contribution in [3.8, 4) is 17.1 Å².